The molecule has 0 heterocycles. The summed E-state index contributed by atoms with van der Waals surface area (Å²) in [6, 6.07) is 7.38. The molecule has 0 aliphatic rings. The van der Waals surface area contributed by atoms with E-state index in [1.54, 1.807) is 6.08 Å². The maximum absolute atomic E-state index is 11.6. The molecule has 0 aliphatic carbocycles. The molecule has 110 valence electrons. The Bertz CT molecular complexity index is 442. The van der Waals surface area contributed by atoms with Crippen LogP contribution in [-0.4, -0.2) is 25.7 Å². The minimum Gasteiger partial charge on any atom is -0.399 e. The number of nitrogens with two attached hydrogens (primary N) is 1. The molecule has 20 heavy (non-hydrogen) atoms. The van der Waals surface area contributed by atoms with Crippen molar-refractivity contribution in [1.82, 2.24) is 5.32 Å². The highest BCUT2D eigenvalue weighted by Crippen LogP contribution is 2.07. The van der Waals surface area contributed by atoms with E-state index in [1.807, 2.05) is 24.3 Å². The molecule has 1 amide bonds. The summed E-state index contributed by atoms with van der Waals surface area (Å²) >= 11 is 0. The average molecular weight is 276 g/mol. The fourth-order valence-corrected chi connectivity index (χ4v) is 1.56. The number of rotatable bonds is 8. The Balaban J connectivity index is 2.17. The quantitative estimate of drug-likeness (QED) is 0.435. The Hall–Kier alpha value is -1.81. The number of carbonyl (C=O) groups is 1. The number of hydrogen-bond donors (Lipinski definition) is 2. The summed E-state index contributed by atoms with van der Waals surface area (Å²) in [6.07, 6.45) is 4.29. The predicted octanol–water partition coefficient (Wildman–Crippen LogP) is 2.46. The van der Waals surface area contributed by atoms with Gasteiger partial charge in [0, 0.05) is 24.9 Å². The molecule has 0 bridgehead atoms. The highest BCUT2D eigenvalue weighted by Gasteiger charge is 1.97. The fourth-order valence-electron chi connectivity index (χ4n) is 1.56. The zero-order chi connectivity index (χ0) is 14.8. The molecule has 1 aromatic carbocycles. The minimum atomic E-state index is -0.125. The predicted molar refractivity (Wildman–Crippen MR) is 83.2 cm³/mol. The second-order valence-corrected chi connectivity index (χ2v) is 5.09. The Morgan fingerprint density at radius 3 is 2.90 bits per heavy atom. The van der Waals surface area contributed by atoms with Gasteiger partial charge in [0.1, 0.15) is 0 Å². The maximum atomic E-state index is 11.6. The lowest BCUT2D eigenvalue weighted by Gasteiger charge is -2.06. The molecule has 0 aliphatic heterocycles. The van der Waals surface area contributed by atoms with Gasteiger partial charge in [-0.05, 0) is 36.1 Å². The smallest absolute Gasteiger partial charge is 0.244 e. The van der Waals surface area contributed by atoms with Crippen LogP contribution in [0.2, 0.25) is 0 Å². The first kappa shape index (κ1) is 16.2. The Labute approximate surface area is 121 Å². The molecule has 3 N–H and O–H groups in total. The van der Waals surface area contributed by atoms with Crippen LogP contribution in [0, 0.1) is 5.92 Å². The maximum Gasteiger partial charge on any atom is 0.244 e. The van der Waals surface area contributed by atoms with Gasteiger partial charge >= 0.3 is 0 Å². The summed E-state index contributed by atoms with van der Waals surface area (Å²) in [4.78, 5) is 11.6. The number of carbonyl (C=O) groups excluding carboxylic acids is 1. The van der Waals surface area contributed by atoms with E-state index in [-0.39, 0.29) is 5.91 Å². The monoisotopic (exact) mass is 276 g/mol. The second kappa shape index (κ2) is 9.15. The summed E-state index contributed by atoms with van der Waals surface area (Å²) in [5, 5.41) is 2.77. The molecule has 0 saturated heterocycles. The first-order valence-electron chi connectivity index (χ1n) is 6.97. The van der Waals surface area contributed by atoms with E-state index in [1.165, 1.54) is 6.08 Å². The van der Waals surface area contributed by atoms with E-state index in [0.29, 0.717) is 24.8 Å². The highest BCUT2D eigenvalue weighted by molar-refractivity contribution is 5.91. The molecule has 0 fully saturated rings. The van der Waals surface area contributed by atoms with Gasteiger partial charge in [-0.3, -0.25) is 4.79 Å². The molecule has 4 heteroatoms. The van der Waals surface area contributed by atoms with Gasteiger partial charge in [0.15, 0.2) is 0 Å². The van der Waals surface area contributed by atoms with E-state index in [9.17, 15) is 4.79 Å². The Morgan fingerprint density at radius 1 is 1.40 bits per heavy atom. The summed E-state index contributed by atoms with van der Waals surface area (Å²) < 4.78 is 5.42. The second-order valence-electron chi connectivity index (χ2n) is 5.09. The number of nitrogens with one attached hydrogen (secondary N) is 1. The van der Waals surface area contributed by atoms with Crippen molar-refractivity contribution in [3.05, 3.63) is 35.9 Å². The van der Waals surface area contributed by atoms with Crippen molar-refractivity contribution in [3.63, 3.8) is 0 Å². The van der Waals surface area contributed by atoms with Gasteiger partial charge in [0.2, 0.25) is 5.91 Å². The van der Waals surface area contributed by atoms with Crippen molar-refractivity contribution >= 4 is 17.7 Å². The molecular formula is C16H24N2O2. The van der Waals surface area contributed by atoms with E-state index >= 15 is 0 Å². The number of ether oxygens (including phenoxy) is 1. The van der Waals surface area contributed by atoms with Crippen LogP contribution in [0.15, 0.2) is 30.3 Å². The van der Waals surface area contributed by atoms with E-state index in [4.69, 9.17) is 10.5 Å². The molecule has 1 rings (SSSR count). The van der Waals surface area contributed by atoms with Crippen LogP contribution in [0.1, 0.15) is 25.8 Å². The van der Waals surface area contributed by atoms with Crippen molar-refractivity contribution in [2.24, 2.45) is 5.92 Å². The lowest BCUT2D eigenvalue weighted by Crippen LogP contribution is -2.25. The van der Waals surface area contributed by atoms with Gasteiger partial charge in [-0.1, -0.05) is 26.0 Å². The van der Waals surface area contributed by atoms with Crippen LogP contribution in [0.25, 0.3) is 6.08 Å². The molecule has 0 saturated carbocycles. The molecule has 0 unspecified atom stereocenters. The van der Waals surface area contributed by atoms with E-state index in [2.05, 4.69) is 19.2 Å². The number of anilines is 1. The van der Waals surface area contributed by atoms with Crippen molar-refractivity contribution in [3.8, 4) is 0 Å². The topological polar surface area (TPSA) is 64.3 Å². The molecule has 1 aromatic rings. The highest BCUT2D eigenvalue weighted by atomic mass is 16.5. The molecule has 4 nitrogen and oxygen atoms in total. The lowest BCUT2D eigenvalue weighted by molar-refractivity contribution is -0.116. The number of hydrogen-bond acceptors (Lipinski definition) is 3. The summed E-state index contributed by atoms with van der Waals surface area (Å²) in [7, 11) is 0. The van der Waals surface area contributed by atoms with Crippen molar-refractivity contribution < 1.29 is 9.53 Å². The van der Waals surface area contributed by atoms with Gasteiger partial charge in [-0.2, -0.15) is 0 Å². The minimum absolute atomic E-state index is 0.125. The van der Waals surface area contributed by atoms with Crippen LogP contribution < -0.4 is 11.1 Å². The first-order valence-corrected chi connectivity index (χ1v) is 6.97. The zero-order valence-electron chi connectivity index (χ0n) is 12.3. The molecule has 0 atom stereocenters. The third-order valence-electron chi connectivity index (χ3n) is 2.72. The van der Waals surface area contributed by atoms with Gasteiger partial charge in [0.25, 0.3) is 0 Å². The normalized spacial score (nSPS) is 11.2. The molecule has 0 aromatic heterocycles. The van der Waals surface area contributed by atoms with E-state index < -0.39 is 0 Å². The van der Waals surface area contributed by atoms with Crippen LogP contribution in [0.3, 0.4) is 0 Å². The molecule has 0 radical (unpaired) electrons. The average Bonchev–Trinajstić information content (AvgIpc) is 2.40. The van der Waals surface area contributed by atoms with E-state index in [0.717, 1.165) is 18.6 Å². The van der Waals surface area contributed by atoms with Crippen molar-refractivity contribution in [1.29, 1.82) is 0 Å². The lowest BCUT2D eigenvalue weighted by atomic mass is 10.1. The SMILES string of the molecule is CC(C)CCOCCNC(=O)/C=C/c1cccc(N)c1. The summed E-state index contributed by atoms with van der Waals surface area (Å²) in [6.45, 7) is 6.13. The Kier molecular flexibility index (Phi) is 7.43. The number of nitrogen functional groups attached to an aromatic ring is 1. The third-order valence-corrected chi connectivity index (χ3v) is 2.72. The van der Waals surface area contributed by atoms with Gasteiger partial charge in [0.05, 0.1) is 6.61 Å². The Morgan fingerprint density at radius 2 is 2.20 bits per heavy atom. The van der Waals surface area contributed by atoms with Crippen molar-refractivity contribution in [2.75, 3.05) is 25.5 Å². The van der Waals surface area contributed by atoms with Gasteiger partial charge in [-0.25, -0.2) is 0 Å². The third kappa shape index (κ3) is 7.59. The van der Waals surface area contributed by atoms with Crippen molar-refractivity contribution in [2.45, 2.75) is 20.3 Å². The van der Waals surface area contributed by atoms with Gasteiger partial charge < -0.3 is 15.8 Å². The standard InChI is InChI=1S/C16H24N2O2/c1-13(2)8-10-20-11-9-18-16(19)7-6-14-4-3-5-15(17)12-14/h3-7,12-13H,8-11,17H2,1-2H3,(H,18,19)/b7-6+. The first-order chi connectivity index (χ1) is 9.58. The summed E-state index contributed by atoms with van der Waals surface area (Å²) in [5.74, 6) is 0.519. The van der Waals surface area contributed by atoms with Crippen LogP contribution >= 0.6 is 0 Å². The van der Waals surface area contributed by atoms with Crippen LogP contribution in [0.4, 0.5) is 5.69 Å². The number of benzene rings is 1. The number of amides is 1. The largest absolute Gasteiger partial charge is 0.399 e. The van der Waals surface area contributed by atoms with Gasteiger partial charge in [-0.15, -0.1) is 0 Å². The fraction of sp³-hybridized carbons (Fsp3) is 0.438. The van der Waals surface area contributed by atoms with Crippen LogP contribution in [-0.2, 0) is 9.53 Å². The zero-order valence-corrected chi connectivity index (χ0v) is 12.3. The summed E-state index contributed by atoms with van der Waals surface area (Å²) in [5.41, 5.74) is 7.26. The molecular weight excluding hydrogens is 252 g/mol. The molecule has 0 spiro atoms. The van der Waals surface area contributed by atoms with Crippen LogP contribution in [0.5, 0.6) is 0 Å².